The Hall–Kier alpha value is -3.25. The van der Waals surface area contributed by atoms with Gasteiger partial charge in [-0.2, -0.15) is 0 Å². The summed E-state index contributed by atoms with van der Waals surface area (Å²) in [7, 11) is 0. The number of Topliss-reactive ketones (excluding diaryl/α,β-unsaturated/α-hetero) is 1. The van der Waals surface area contributed by atoms with Crippen molar-refractivity contribution in [1.82, 2.24) is 5.32 Å². The van der Waals surface area contributed by atoms with Gasteiger partial charge in [0.2, 0.25) is 0 Å². The first-order valence-electron chi connectivity index (χ1n) is 10.6. The maximum atomic E-state index is 12.8. The molecule has 0 atom stereocenters. The van der Waals surface area contributed by atoms with Gasteiger partial charge in [-0.15, -0.1) is 11.8 Å². The van der Waals surface area contributed by atoms with Crippen LogP contribution in [0.15, 0.2) is 71.6 Å². The van der Waals surface area contributed by atoms with Crippen molar-refractivity contribution in [3.8, 4) is 5.75 Å². The second-order valence-electron chi connectivity index (χ2n) is 7.67. The predicted molar refractivity (Wildman–Crippen MR) is 129 cm³/mol. The summed E-state index contributed by atoms with van der Waals surface area (Å²) in [5, 5.41) is 2.99. The van der Waals surface area contributed by atoms with Gasteiger partial charge in [-0.1, -0.05) is 24.3 Å². The Kier molecular flexibility index (Phi) is 6.81. The van der Waals surface area contributed by atoms with Gasteiger partial charge in [0.05, 0.1) is 12.3 Å². The van der Waals surface area contributed by atoms with Gasteiger partial charge < -0.3 is 15.0 Å². The van der Waals surface area contributed by atoms with E-state index in [9.17, 15) is 9.59 Å². The summed E-state index contributed by atoms with van der Waals surface area (Å²) in [5.41, 5.74) is 4.13. The van der Waals surface area contributed by atoms with Crippen LogP contribution in [0.4, 0.5) is 11.4 Å². The van der Waals surface area contributed by atoms with Gasteiger partial charge in [-0.25, -0.2) is 0 Å². The third kappa shape index (κ3) is 4.97. The molecule has 0 saturated heterocycles. The zero-order chi connectivity index (χ0) is 22.5. The molecule has 0 saturated carbocycles. The number of carbonyl (C=O) groups excluding carboxylic acids is 2. The Bertz CT molecular complexity index is 1130. The number of hydrogen-bond acceptors (Lipinski definition) is 5. The fourth-order valence-corrected chi connectivity index (χ4v) is 4.12. The lowest BCUT2D eigenvalue weighted by Gasteiger charge is -2.24. The van der Waals surface area contributed by atoms with E-state index in [1.807, 2.05) is 54.8 Å². The fourth-order valence-electron chi connectivity index (χ4n) is 3.71. The third-order valence-electron chi connectivity index (χ3n) is 5.47. The zero-order valence-corrected chi connectivity index (χ0v) is 19.1. The van der Waals surface area contributed by atoms with Crippen molar-refractivity contribution in [1.29, 1.82) is 0 Å². The number of amides is 1. The van der Waals surface area contributed by atoms with Gasteiger partial charge >= 0.3 is 0 Å². The van der Waals surface area contributed by atoms with E-state index >= 15 is 0 Å². The van der Waals surface area contributed by atoms with Crippen LogP contribution in [0.25, 0.3) is 0 Å². The quantitative estimate of drug-likeness (QED) is 0.402. The summed E-state index contributed by atoms with van der Waals surface area (Å²) in [6, 6.07) is 21.3. The Morgan fingerprint density at radius 2 is 1.84 bits per heavy atom. The van der Waals surface area contributed by atoms with Gasteiger partial charge in [0, 0.05) is 34.8 Å². The maximum Gasteiger partial charge on any atom is 0.251 e. The topological polar surface area (TPSA) is 58.6 Å². The fraction of sp³-hybridized carbons (Fsp3) is 0.231. The minimum Gasteiger partial charge on any atom is -0.491 e. The van der Waals surface area contributed by atoms with Gasteiger partial charge in [0.1, 0.15) is 5.75 Å². The molecule has 0 aliphatic carbocycles. The second kappa shape index (κ2) is 9.92. The number of ether oxygens (including phenoxy) is 1. The summed E-state index contributed by atoms with van der Waals surface area (Å²) >= 11 is 1.69. The van der Waals surface area contributed by atoms with Crippen LogP contribution in [-0.4, -0.2) is 31.1 Å². The molecule has 1 heterocycles. The molecular weight excluding hydrogens is 420 g/mol. The molecule has 1 aliphatic rings. The molecule has 1 N–H and O–H groups in total. The molecule has 0 bridgehead atoms. The molecule has 0 spiro atoms. The standard InChI is InChI=1S/C26H26N2O3S/c1-18(29)20-5-3-6-22(15-20)28-13-4-14-31-25-16-21(9-12-24(25)28)26(30)27-17-19-7-10-23(32-2)11-8-19/h3,5-12,15-16H,4,13-14,17H2,1-2H3,(H,27,30). The van der Waals surface area contributed by atoms with Crippen LogP contribution in [0, 0.1) is 0 Å². The minimum absolute atomic E-state index is 0.0354. The Labute approximate surface area is 192 Å². The molecule has 0 unspecified atom stereocenters. The molecule has 3 aromatic rings. The first kappa shape index (κ1) is 22.0. The molecule has 6 heteroatoms. The van der Waals surface area contributed by atoms with Crippen LogP contribution in [0.2, 0.25) is 0 Å². The second-order valence-corrected chi connectivity index (χ2v) is 8.55. The maximum absolute atomic E-state index is 12.8. The summed E-state index contributed by atoms with van der Waals surface area (Å²) in [6.45, 7) is 3.38. The number of rotatable bonds is 6. The number of hydrogen-bond donors (Lipinski definition) is 1. The summed E-state index contributed by atoms with van der Waals surface area (Å²) < 4.78 is 5.97. The summed E-state index contributed by atoms with van der Waals surface area (Å²) in [6.07, 6.45) is 2.88. The van der Waals surface area contributed by atoms with E-state index in [0.29, 0.717) is 30.0 Å². The van der Waals surface area contributed by atoms with E-state index in [4.69, 9.17) is 4.74 Å². The van der Waals surface area contributed by atoms with Crippen LogP contribution in [0.3, 0.4) is 0 Å². The number of nitrogens with one attached hydrogen (secondary N) is 1. The van der Waals surface area contributed by atoms with Crippen molar-refractivity contribution >= 4 is 34.8 Å². The molecule has 1 amide bonds. The number of fused-ring (bicyclic) bond motifs is 1. The van der Waals surface area contributed by atoms with Gasteiger partial charge in [0.15, 0.2) is 5.78 Å². The number of ketones is 1. The molecule has 0 radical (unpaired) electrons. The molecule has 0 fully saturated rings. The van der Waals surface area contributed by atoms with Gasteiger partial charge in [-0.05, 0) is 67.6 Å². The lowest BCUT2D eigenvalue weighted by molar-refractivity contribution is 0.0949. The highest BCUT2D eigenvalue weighted by Crippen LogP contribution is 2.37. The average Bonchev–Trinajstić information content (AvgIpc) is 3.05. The average molecular weight is 447 g/mol. The van der Waals surface area contributed by atoms with Crippen LogP contribution in [-0.2, 0) is 6.54 Å². The van der Waals surface area contributed by atoms with E-state index in [2.05, 4.69) is 22.3 Å². The van der Waals surface area contributed by atoms with E-state index < -0.39 is 0 Å². The van der Waals surface area contributed by atoms with E-state index in [1.165, 1.54) is 4.90 Å². The van der Waals surface area contributed by atoms with Crippen LogP contribution in [0.1, 0.15) is 39.6 Å². The number of anilines is 2. The largest absolute Gasteiger partial charge is 0.491 e. The van der Waals surface area contributed by atoms with Gasteiger partial charge in [-0.3, -0.25) is 9.59 Å². The number of benzene rings is 3. The highest BCUT2D eigenvalue weighted by atomic mass is 32.2. The summed E-state index contributed by atoms with van der Waals surface area (Å²) in [5.74, 6) is 0.570. The molecular formula is C26H26N2O3S. The van der Waals surface area contributed by atoms with Crippen molar-refractivity contribution in [2.75, 3.05) is 24.3 Å². The molecule has 3 aromatic carbocycles. The Balaban J connectivity index is 1.53. The SMILES string of the molecule is CSc1ccc(CNC(=O)c2ccc3c(c2)OCCCN3c2cccc(C(C)=O)c2)cc1. The number of thioether (sulfide) groups is 1. The monoisotopic (exact) mass is 446 g/mol. The zero-order valence-electron chi connectivity index (χ0n) is 18.3. The predicted octanol–water partition coefficient (Wildman–Crippen LogP) is 5.46. The van der Waals surface area contributed by atoms with Crippen molar-refractivity contribution in [3.63, 3.8) is 0 Å². The van der Waals surface area contributed by atoms with Crippen molar-refractivity contribution in [2.45, 2.75) is 24.8 Å². The van der Waals surface area contributed by atoms with Gasteiger partial charge in [0.25, 0.3) is 5.91 Å². The number of carbonyl (C=O) groups is 2. The lowest BCUT2D eigenvalue weighted by Crippen LogP contribution is -2.23. The minimum atomic E-state index is -0.139. The van der Waals surface area contributed by atoms with E-state index in [1.54, 1.807) is 24.8 Å². The number of nitrogens with zero attached hydrogens (tertiary/aromatic N) is 1. The van der Waals surface area contributed by atoms with Crippen molar-refractivity contribution in [3.05, 3.63) is 83.4 Å². The Morgan fingerprint density at radius 1 is 1.03 bits per heavy atom. The highest BCUT2D eigenvalue weighted by Gasteiger charge is 2.20. The first-order valence-corrected chi connectivity index (χ1v) is 11.8. The molecule has 5 nitrogen and oxygen atoms in total. The molecule has 4 rings (SSSR count). The highest BCUT2D eigenvalue weighted by molar-refractivity contribution is 7.98. The molecule has 1 aliphatic heterocycles. The normalized spacial score (nSPS) is 13.0. The smallest absolute Gasteiger partial charge is 0.251 e. The molecule has 32 heavy (non-hydrogen) atoms. The van der Waals surface area contributed by atoms with Crippen LogP contribution >= 0.6 is 11.8 Å². The Morgan fingerprint density at radius 3 is 2.59 bits per heavy atom. The molecule has 164 valence electrons. The summed E-state index contributed by atoms with van der Waals surface area (Å²) in [4.78, 5) is 27.9. The van der Waals surface area contributed by atoms with Crippen LogP contribution in [0.5, 0.6) is 5.75 Å². The molecule has 0 aromatic heterocycles. The third-order valence-corrected chi connectivity index (χ3v) is 6.22. The van der Waals surface area contributed by atoms with E-state index in [-0.39, 0.29) is 11.7 Å². The van der Waals surface area contributed by atoms with Crippen molar-refractivity contribution in [2.24, 2.45) is 0 Å². The van der Waals surface area contributed by atoms with Crippen LogP contribution < -0.4 is 15.0 Å². The first-order chi connectivity index (χ1) is 15.5. The van der Waals surface area contributed by atoms with E-state index in [0.717, 1.165) is 29.9 Å². The lowest BCUT2D eigenvalue weighted by atomic mass is 10.1. The van der Waals surface area contributed by atoms with Crippen molar-refractivity contribution < 1.29 is 14.3 Å².